The molecule has 0 fully saturated rings. The Kier molecular flexibility index (Phi) is 4.45. The van der Waals surface area contributed by atoms with E-state index in [2.05, 4.69) is 34.6 Å². The van der Waals surface area contributed by atoms with Crippen LogP contribution in [0.4, 0.5) is 0 Å². The van der Waals surface area contributed by atoms with E-state index in [1.54, 1.807) is 0 Å². The van der Waals surface area contributed by atoms with Crippen LogP contribution < -0.4 is 0 Å². The van der Waals surface area contributed by atoms with Gasteiger partial charge >= 0.3 is 5.97 Å². The van der Waals surface area contributed by atoms with Crippen LogP contribution in [-0.2, 0) is 9.53 Å². The molecule has 0 aliphatic heterocycles. The Morgan fingerprint density at radius 2 is 1.77 bits per heavy atom. The summed E-state index contributed by atoms with van der Waals surface area (Å²) >= 11 is 0. The van der Waals surface area contributed by atoms with Gasteiger partial charge in [0.1, 0.15) is 0 Å². The quantitative estimate of drug-likeness (QED) is 0.633. The molecule has 0 aromatic heterocycles. The highest BCUT2D eigenvalue weighted by molar-refractivity contribution is 5.73. The number of methoxy groups -OCH3 is 1. The Balaban J connectivity index is 4.47. The molecule has 0 aromatic carbocycles. The molecule has 13 heavy (non-hydrogen) atoms. The van der Waals surface area contributed by atoms with Gasteiger partial charge in [-0.05, 0) is 17.8 Å². The van der Waals surface area contributed by atoms with Crippen molar-refractivity contribution in [2.24, 2.45) is 17.3 Å². The maximum absolute atomic E-state index is 11.5. The zero-order chi connectivity index (χ0) is 10.6. The van der Waals surface area contributed by atoms with Gasteiger partial charge in [-0.25, -0.2) is 0 Å². The molecule has 78 valence electrons. The van der Waals surface area contributed by atoms with Gasteiger partial charge in [0.05, 0.1) is 13.0 Å². The van der Waals surface area contributed by atoms with Crippen molar-refractivity contribution in [3.8, 4) is 0 Å². The van der Waals surface area contributed by atoms with Crippen molar-refractivity contribution in [1.82, 2.24) is 0 Å². The molecule has 2 heteroatoms. The molecule has 0 saturated carbocycles. The first kappa shape index (κ1) is 12.5. The summed E-state index contributed by atoms with van der Waals surface area (Å²) in [5, 5.41) is 0. The molecule has 0 radical (unpaired) electrons. The van der Waals surface area contributed by atoms with Crippen LogP contribution in [0, 0.1) is 17.3 Å². The standard InChI is InChI=1S/C11H22O2/c1-8(2)7-9(10(12)13-6)11(3,4)5/h8-9H,7H2,1-6H3/t9-/m0/s1. The van der Waals surface area contributed by atoms with E-state index in [0.29, 0.717) is 5.92 Å². The topological polar surface area (TPSA) is 26.3 Å². The van der Waals surface area contributed by atoms with Gasteiger partial charge in [0.2, 0.25) is 0 Å². The first-order chi connectivity index (χ1) is 5.79. The van der Waals surface area contributed by atoms with E-state index in [9.17, 15) is 4.79 Å². The second-order valence-electron chi connectivity index (χ2n) is 5.07. The van der Waals surface area contributed by atoms with Gasteiger partial charge in [-0.1, -0.05) is 34.6 Å². The molecule has 0 saturated heterocycles. The second kappa shape index (κ2) is 4.64. The summed E-state index contributed by atoms with van der Waals surface area (Å²) in [6, 6.07) is 0. The van der Waals surface area contributed by atoms with E-state index >= 15 is 0 Å². The van der Waals surface area contributed by atoms with Crippen LogP contribution in [0.3, 0.4) is 0 Å². The van der Waals surface area contributed by atoms with Crippen LogP contribution in [0.2, 0.25) is 0 Å². The van der Waals surface area contributed by atoms with Crippen molar-refractivity contribution >= 4 is 5.97 Å². The van der Waals surface area contributed by atoms with Crippen LogP contribution in [0.25, 0.3) is 0 Å². The fourth-order valence-electron chi connectivity index (χ4n) is 1.42. The average molecular weight is 186 g/mol. The van der Waals surface area contributed by atoms with Crippen LogP contribution >= 0.6 is 0 Å². The lowest BCUT2D eigenvalue weighted by molar-refractivity contribution is -0.150. The van der Waals surface area contributed by atoms with Gasteiger partial charge in [-0.15, -0.1) is 0 Å². The summed E-state index contributed by atoms with van der Waals surface area (Å²) in [5.74, 6) is 0.460. The summed E-state index contributed by atoms with van der Waals surface area (Å²) in [6.45, 7) is 10.5. The molecular formula is C11H22O2. The van der Waals surface area contributed by atoms with Gasteiger partial charge in [-0.3, -0.25) is 4.79 Å². The number of carbonyl (C=O) groups is 1. The molecule has 0 rings (SSSR count). The predicted octanol–water partition coefficient (Wildman–Crippen LogP) is 2.87. The fraction of sp³-hybridized carbons (Fsp3) is 0.909. The molecule has 0 aliphatic carbocycles. The van der Waals surface area contributed by atoms with Gasteiger partial charge in [-0.2, -0.15) is 0 Å². The van der Waals surface area contributed by atoms with E-state index in [0.717, 1.165) is 6.42 Å². The summed E-state index contributed by atoms with van der Waals surface area (Å²) in [4.78, 5) is 11.5. The zero-order valence-corrected chi connectivity index (χ0v) is 9.68. The van der Waals surface area contributed by atoms with Crippen molar-refractivity contribution in [1.29, 1.82) is 0 Å². The van der Waals surface area contributed by atoms with Crippen molar-refractivity contribution in [2.45, 2.75) is 41.0 Å². The summed E-state index contributed by atoms with van der Waals surface area (Å²) in [7, 11) is 1.46. The van der Waals surface area contributed by atoms with Crippen LogP contribution in [0.1, 0.15) is 41.0 Å². The summed E-state index contributed by atoms with van der Waals surface area (Å²) in [6.07, 6.45) is 0.899. The predicted molar refractivity (Wildman–Crippen MR) is 54.4 cm³/mol. The normalized spacial score (nSPS) is 14.4. The van der Waals surface area contributed by atoms with Gasteiger partial charge in [0.25, 0.3) is 0 Å². The second-order valence-corrected chi connectivity index (χ2v) is 5.07. The molecule has 0 bridgehead atoms. The minimum absolute atomic E-state index is 0.00262. The molecular weight excluding hydrogens is 164 g/mol. The Morgan fingerprint density at radius 3 is 2.00 bits per heavy atom. The summed E-state index contributed by atoms with van der Waals surface area (Å²) in [5.41, 5.74) is -0.00262. The van der Waals surface area contributed by atoms with Crippen molar-refractivity contribution < 1.29 is 9.53 Å². The average Bonchev–Trinajstić information content (AvgIpc) is 1.96. The van der Waals surface area contributed by atoms with Crippen molar-refractivity contribution in [3.63, 3.8) is 0 Å². The maximum atomic E-state index is 11.5. The number of ether oxygens (including phenoxy) is 1. The molecule has 0 aliphatic rings. The third-order valence-corrected chi connectivity index (χ3v) is 2.24. The number of hydrogen-bond donors (Lipinski definition) is 0. The smallest absolute Gasteiger partial charge is 0.309 e. The molecule has 0 amide bonds. The first-order valence-corrected chi connectivity index (χ1v) is 4.87. The lowest BCUT2D eigenvalue weighted by Gasteiger charge is -2.29. The highest BCUT2D eigenvalue weighted by Crippen LogP contribution is 2.32. The van der Waals surface area contributed by atoms with Crippen LogP contribution in [0.5, 0.6) is 0 Å². The lowest BCUT2D eigenvalue weighted by Crippen LogP contribution is -2.30. The van der Waals surface area contributed by atoms with Gasteiger partial charge in [0, 0.05) is 0 Å². The molecule has 1 atom stereocenters. The van der Waals surface area contributed by atoms with Crippen LogP contribution in [0.15, 0.2) is 0 Å². The number of rotatable bonds is 3. The molecule has 0 N–H and O–H groups in total. The molecule has 2 nitrogen and oxygen atoms in total. The highest BCUT2D eigenvalue weighted by atomic mass is 16.5. The van der Waals surface area contributed by atoms with E-state index in [1.807, 2.05) is 0 Å². The van der Waals surface area contributed by atoms with E-state index in [4.69, 9.17) is 4.74 Å². The lowest BCUT2D eigenvalue weighted by atomic mass is 9.76. The Bertz CT molecular complexity index is 165. The molecule has 0 unspecified atom stereocenters. The molecule has 0 aromatic rings. The Morgan fingerprint density at radius 1 is 1.31 bits per heavy atom. The van der Waals surface area contributed by atoms with E-state index in [-0.39, 0.29) is 17.3 Å². The van der Waals surface area contributed by atoms with Crippen molar-refractivity contribution in [2.75, 3.05) is 7.11 Å². The Hall–Kier alpha value is -0.530. The highest BCUT2D eigenvalue weighted by Gasteiger charge is 2.32. The van der Waals surface area contributed by atoms with E-state index < -0.39 is 0 Å². The monoisotopic (exact) mass is 186 g/mol. The minimum atomic E-state index is -0.0822. The SMILES string of the molecule is COC(=O)[C@H](CC(C)C)C(C)(C)C. The third-order valence-electron chi connectivity index (χ3n) is 2.24. The van der Waals surface area contributed by atoms with Crippen LogP contribution in [-0.4, -0.2) is 13.1 Å². The zero-order valence-electron chi connectivity index (χ0n) is 9.68. The maximum Gasteiger partial charge on any atom is 0.309 e. The molecule has 0 spiro atoms. The minimum Gasteiger partial charge on any atom is -0.469 e. The third kappa shape index (κ3) is 4.30. The Labute approximate surface area is 81.7 Å². The first-order valence-electron chi connectivity index (χ1n) is 4.87. The number of hydrogen-bond acceptors (Lipinski definition) is 2. The van der Waals surface area contributed by atoms with E-state index in [1.165, 1.54) is 7.11 Å². The fourth-order valence-corrected chi connectivity index (χ4v) is 1.42. The van der Waals surface area contributed by atoms with Gasteiger partial charge < -0.3 is 4.74 Å². The number of esters is 1. The summed E-state index contributed by atoms with van der Waals surface area (Å²) < 4.78 is 4.80. The number of carbonyl (C=O) groups excluding carboxylic acids is 1. The largest absolute Gasteiger partial charge is 0.469 e. The van der Waals surface area contributed by atoms with Gasteiger partial charge in [0.15, 0.2) is 0 Å². The molecule has 0 heterocycles. The van der Waals surface area contributed by atoms with Crippen molar-refractivity contribution in [3.05, 3.63) is 0 Å².